The monoisotopic (exact) mass is 750 g/mol. The molecule has 0 aliphatic carbocycles. The van der Waals surface area contributed by atoms with Crippen molar-refractivity contribution in [2.75, 3.05) is 26.4 Å². The normalized spacial score (nSPS) is 30.0. The van der Waals surface area contributed by atoms with E-state index in [0.717, 1.165) is 64.2 Å². The van der Waals surface area contributed by atoms with Crippen LogP contribution in [0.2, 0.25) is 0 Å². The van der Waals surface area contributed by atoms with Gasteiger partial charge < -0.3 is 64.2 Å². The van der Waals surface area contributed by atoms with Gasteiger partial charge in [-0.15, -0.1) is 0 Å². The van der Waals surface area contributed by atoms with Crippen molar-refractivity contribution in [3.05, 3.63) is 12.2 Å². The van der Waals surface area contributed by atoms with Crippen LogP contribution in [0.3, 0.4) is 0 Å². The highest BCUT2D eigenvalue weighted by Gasteiger charge is 2.47. The molecule has 0 aromatic heterocycles. The molecule has 2 aliphatic rings. The number of aliphatic hydroxyl groups is 7. The molecule has 0 aromatic carbocycles. The smallest absolute Gasteiger partial charge is 0.306 e. The predicted octanol–water partition coefficient (Wildman–Crippen LogP) is 1.92. The van der Waals surface area contributed by atoms with Crippen molar-refractivity contribution in [2.45, 2.75) is 184 Å². The summed E-state index contributed by atoms with van der Waals surface area (Å²) in [6.45, 7) is 2.39. The van der Waals surface area contributed by atoms with Gasteiger partial charge in [0.1, 0.15) is 55.4 Å². The fourth-order valence-electron chi connectivity index (χ4n) is 5.90. The lowest BCUT2D eigenvalue weighted by Crippen LogP contribution is -2.61. The third-order valence-electron chi connectivity index (χ3n) is 9.24. The number of carbonyl (C=O) groups is 2. The molecule has 15 nitrogen and oxygen atoms in total. The molecule has 2 heterocycles. The zero-order chi connectivity index (χ0) is 38.3. The van der Waals surface area contributed by atoms with Crippen LogP contribution in [-0.2, 0) is 38.0 Å². The summed E-state index contributed by atoms with van der Waals surface area (Å²) in [5, 5.41) is 71.4. The molecular formula is C37H66O15. The molecule has 7 N–H and O–H groups in total. The van der Waals surface area contributed by atoms with Crippen molar-refractivity contribution in [3.8, 4) is 0 Å². The van der Waals surface area contributed by atoms with Crippen molar-refractivity contribution >= 4 is 11.9 Å². The van der Waals surface area contributed by atoms with E-state index in [1.165, 1.54) is 12.8 Å². The highest BCUT2D eigenvalue weighted by Crippen LogP contribution is 2.26. The van der Waals surface area contributed by atoms with Crippen LogP contribution < -0.4 is 0 Å². The third-order valence-corrected chi connectivity index (χ3v) is 9.24. The number of hydrogen-bond donors (Lipinski definition) is 7. The van der Waals surface area contributed by atoms with Gasteiger partial charge in [-0.3, -0.25) is 9.59 Å². The standard InChI is InChI=1S/C37H66O15/c1-3-5-7-9-10-11-12-13-14-16-18-20-29(40)50-25(22-47-28(39)19-17-15-8-6-4-2)23-48-36-35(46)33(44)31(42)27(52-36)24-49-37-34(45)32(43)30(41)26(21-38)51-37/h9-10,25-27,30-38,41-46H,3-8,11-24H2,1-2H3/b10-9-. The average Bonchev–Trinajstić information content (AvgIpc) is 3.13. The van der Waals surface area contributed by atoms with Crippen molar-refractivity contribution in [1.82, 2.24) is 0 Å². The molecule has 304 valence electrons. The zero-order valence-corrected chi connectivity index (χ0v) is 31.0. The van der Waals surface area contributed by atoms with Crippen molar-refractivity contribution in [3.63, 3.8) is 0 Å². The van der Waals surface area contributed by atoms with E-state index in [2.05, 4.69) is 26.0 Å². The molecule has 0 saturated carbocycles. The summed E-state index contributed by atoms with van der Waals surface area (Å²) in [6.07, 6.45) is 1.92. The molecule has 0 spiro atoms. The maximum absolute atomic E-state index is 12.8. The van der Waals surface area contributed by atoms with E-state index in [1.54, 1.807) is 0 Å². The Bertz CT molecular complexity index is 981. The van der Waals surface area contributed by atoms with Crippen LogP contribution in [0.25, 0.3) is 0 Å². The van der Waals surface area contributed by atoms with Gasteiger partial charge in [0.05, 0.1) is 19.8 Å². The third kappa shape index (κ3) is 17.1. The second-order valence-electron chi connectivity index (χ2n) is 13.8. The van der Waals surface area contributed by atoms with Crippen molar-refractivity contribution in [2.24, 2.45) is 0 Å². The zero-order valence-electron chi connectivity index (χ0n) is 31.0. The number of esters is 2. The molecule has 0 aromatic rings. The molecule has 0 radical (unpaired) electrons. The van der Waals surface area contributed by atoms with Gasteiger partial charge in [0.2, 0.25) is 0 Å². The van der Waals surface area contributed by atoms with Crippen LogP contribution in [-0.4, -0.2) is 142 Å². The van der Waals surface area contributed by atoms with Gasteiger partial charge >= 0.3 is 11.9 Å². The molecular weight excluding hydrogens is 684 g/mol. The van der Waals surface area contributed by atoms with Crippen LogP contribution in [0.15, 0.2) is 12.2 Å². The lowest BCUT2D eigenvalue weighted by Gasteiger charge is -2.42. The van der Waals surface area contributed by atoms with Crippen LogP contribution in [0, 0.1) is 0 Å². The van der Waals surface area contributed by atoms with E-state index in [0.29, 0.717) is 12.8 Å². The summed E-state index contributed by atoms with van der Waals surface area (Å²) < 4.78 is 33.1. The van der Waals surface area contributed by atoms with Gasteiger partial charge in [-0.25, -0.2) is 0 Å². The Hall–Kier alpha value is -1.76. The summed E-state index contributed by atoms with van der Waals surface area (Å²) in [7, 11) is 0. The minimum atomic E-state index is -1.76. The van der Waals surface area contributed by atoms with E-state index in [-0.39, 0.29) is 26.1 Å². The van der Waals surface area contributed by atoms with Gasteiger partial charge in [-0.2, -0.15) is 0 Å². The maximum Gasteiger partial charge on any atom is 0.306 e. The highest BCUT2D eigenvalue weighted by molar-refractivity contribution is 5.70. The number of unbranched alkanes of at least 4 members (excludes halogenated alkanes) is 11. The molecule has 11 unspecified atom stereocenters. The number of hydrogen-bond acceptors (Lipinski definition) is 15. The van der Waals surface area contributed by atoms with Gasteiger partial charge in [0.15, 0.2) is 18.7 Å². The van der Waals surface area contributed by atoms with Crippen molar-refractivity contribution < 1.29 is 73.8 Å². The summed E-state index contributed by atoms with van der Waals surface area (Å²) in [4.78, 5) is 25.2. The van der Waals surface area contributed by atoms with E-state index in [1.807, 2.05) is 0 Å². The fourth-order valence-corrected chi connectivity index (χ4v) is 5.90. The topological polar surface area (TPSA) is 231 Å². The summed E-state index contributed by atoms with van der Waals surface area (Å²) in [5.41, 5.74) is 0. The Morgan fingerprint density at radius 1 is 0.596 bits per heavy atom. The molecule has 0 bridgehead atoms. The minimum absolute atomic E-state index is 0.156. The van der Waals surface area contributed by atoms with Crippen LogP contribution in [0.1, 0.15) is 117 Å². The number of allylic oxidation sites excluding steroid dienone is 2. The quantitative estimate of drug-likeness (QED) is 0.0361. The molecule has 11 atom stereocenters. The van der Waals surface area contributed by atoms with Crippen LogP contribution >= 0.6 is 0 Å². The molecule has 2 fully saturated rings. The first-order valence-corrected chi connectivity index (χ1v) is 19.3. The Balaban J connectivity index is 1.91. The van der Waals surface area contributed by atoms with Gasteiger partial charge in [0.25, 0.3) is 0 Å². The number of rotatable bonds is 27. The average molecular weight is 751 g/mol. The fraction of sp³-hybridized carbons (Fsp3) is 0.892. The molecule has 2 aliphatic heterocycles. The molecule has 52 heavy (non-hydrogen) atoms. The lowest BCUT2D eigenvalue weighted by molar-refractivity contribution is -0.332. The SMILES string of the molecule is CCCC/C=C\CCCCCCCC(=O)OC(COC(=O)CCCCCCC)COC1OC(COC2OC(CO)C(O)C(O)C2O)C(O)C(O)C1O. The Kier molecular flexibility index (Phi) is 24.0. The summed E-state index contributed by atoms with van der Waals surface area (Å²) in [6, 6.07) is 0. The molecule has 0 amide bonds. The minimum Gasteiger partial charge on any atom is -0.462 e. The summed E-state index contributed by atoms with van der Waals surface area (Å²) >= 11 is 0. The second kappa shape index (κ2) is 26.9. The van der Waals surface area contributed by atoms with Crippen LogP contribution in [0.4, 0.5) is 0 Å². The van der Waals surface area contributed by atoms with E-state index in [9.17, 15) is 45.3 Å². The van der Waals surface area contributed by atoms with Crippen LogP contribution in [0.5, 0.6) is 0 Å². The van der Waals surface area contributed by atoms with Gasteiger partial charge in [-0.1, -0.05) is 83.8 Å². The van der Waals surface area contributed by atoms with E-state index in [4.69, 9.17) is 28.4 Å². The first-order valence-electron chi connectivity index (χ1n) is 19.3. The first-order chi connectivity index (χ1) is 25.0. The second-order valence-corrected chi connectivity index (χ2v) is 13.8. The molecule has 2 rings (SSSR count). The Labute approximate surface area is 308 Å². The number of aliphatic hydroxyl groups excluding tert-OH is 7. The molecule has 15 heteroatoms. The van der Waals surface area contributed by atoms with Gasteiger partial charge in [0, 0.05) is 12.8 Å². The van der Waals surface area contributed by atoms with E-state index < -0.39 is 92.7 Å². The highest BCUT2D eigenvalue weighted by atomic mass is 16.7. The Morgan fingerprint density at radius 2 is 1.12 bits per heavy atom. The lowest BCUT2D eigenvalue weighted by atomic mass is 9.98. The molecule has 2 saturated heterocycles. The number of carbonyl (C=O) groups excluding carboxylic acids is 2. The largest absolute Gasteiger partial charge is 0.462 e. The summed E-state index contributed by atoms with van der Waals surface area (Å²) in [5.74, 6) is -0.954. The predicted molar refractivity (Wildman–Crippen MR) is 188 cm³/mol. The first kappa shape index (κ1) is 46.4. The maximum atomic E-state index is 12.8. The number of ether oxygens (including phenoxy) is 6. The van der Waals surface area contributed by atoms with E-state index >= 15 is 0 Å². The van der Waals surface area contributed by atoms with Gasteiger partial charge in [-0.05, 0) is 32.1 Å². The Morgan fingerprint density at radius 3 is 1.75 bits per heavy atom. The van der Waals surface area contributed by atoms with Crippen molar-refractivity contribution in [1.29, 1.82) is 0 Å².